The molecule has 1 fully saturated rings. The summed E-state index contributed by atoms with van der Waals surface area (Å²) >= 11 is 0. The van der Waals surface area contributed by atoms with Crippen molar-refractivity contribution in [3.8, 4) is 5.75 Å². The first-order chi connectivity index (χ1) is 14.3. The number of nitrogens with zero attached hydrogens (tertiary/aromatic N) is 2. The number of guanidine groups is 1. The molecule has 2 N–H and O–H groups in total. The molecule has 7 nitrogen and oxygen atoms in total. The maximum Gasteiger partial charge on any atom is 0.191 e. The number of likely N-dealkylation sites (tertiary alicyclic amines) is 1. The highest BCUT2D eigenvalue weighted by atomic mass is 127. The van der Waals surface area contributed by atoms with E-state index in [0.29, 0.717) is 18.5 Å². The van der Waals surface area contributed by atoms with Crippen molar-refractivity contribution in [2.24, 2.45) is 4.99 Å². The van der Waals surface area contributed by atoms with Crippen molar-refractivity contribution in [2.75, 3.05) is 51.8 Å². The van der Waals surface area contributed by atoms with Gasteiger partial charge in [-0.2, -0.15) is 0 Å². The van der Waals surface area contributed by atoms with E-state index in [2.05, 4.69) is 41.5 Å². The van der Waals surface area contributed by atoms with Gasteiger partial charge in [0, 0.05) is 45.0 Å². The van der Waals surface area contributed by atoms with Gasteiger partial charge in [-0.05, 0) is 49.8 Å². The van der Waals surface area contributed by atoms with E-state index in [4.69, 9.17) is 9.73 Å². The van der Waals surface area contributed by atoms with Crippen molar-refractivity contribution < 1.29 is 13.2 Å². The molecule has 0 spiro atoms. The number of aliphatic imine (C=N–C) groups is 1. The Morgan fingerprint density at radius 1 is 1.26 bits per heavy atom. The monoisotopic (exact) mass is 566 g/mol. The van der Waals surface area contributed by atoms with Crippen molar-refractivity contribution in [3.63, 3.8) is 0 Å². The summed E-state index contributed by atoms with van der Waals surface area (Å²) in [5.74, 6) is 2.42. The number of halogens is 1. The second kappa shape index (κ2) is 14.2. The normalized spacial score (nSPS) is 17.0. The number of piperidine rings is 1. The third-order valence-corrected chi connectivity index (χ3v) is 6.49. The standard InChI is InChI=1S/C22H38N4O3S.HI/c1-5-23-22(24-13-10-18(2)19-6-8-21(29-3)9-7-19)25-20-11-14-26(15-12-20)16-17-30(4,27)28;/h6-9,18,20H,5,10-17H2,1-4H3,(H2,23,24,25);1H. The number of benzene rings is 1. The van der Waals surface area contributed by atoms with Gasteiger partial charge in [0.15, 0.2) is 5.96 Å². The van der Waals surface area contributed by atoms with E-state index in [-0.39, 0.29) is 29.7 Å². The van der Waals surface area contributed by atoms with Crippen LogP contribution in [0.15, 0.2) is 29.3 Å². The second-order valence-corrected chi connectivity index (χ2v) is 10.4. The molecule has 0 radical (unpaired) electrons. The van der Waals surface area contributed by atoms with Crippen molar-refractivity contribution in [1.82, 2.24) is 15.5 Å². The lowest BCUT2D eigenvalue weighted by Crippen LogP contribution is -2.49. The molecule has 1 aliphatic heterocycles. The molecule has 178 valence electrons. The SMILES string of the molecule is CCNC(=NCCC(C)c1ccc(OC)cc1)NC1CCN(CCS(C)(=O)=O)CC1.I. The first-order valence-electron chi connectivity index (χ1n) is 10.9. The zero-order valence-corrected chi connectivity index (χ0v) is 22.4. The van der Waals surface area contributed by atoms with Gasteiger partial charge >= 0.3 is 0 Å². The smallest absolute Gasteiger partial charge is 0.191 e. The fourth-order valence-corrected chi connectivity index (χ4v) is 4.17. The highest BCUT2D eigenvalue weighted by Gasteiger charge is 2.20. The Morgan fingerprint density at radius 3 is 2.45 bits per heavy atom. The first kappa shape index (κ1) is 28.0. The predicted octanol–water partition coefficient (Wildman–Crippen LogP) is 2.87. The lowest BCUT2D eigenvalue weighted by Gasteiger charge is -2.32. The van der Waals surface area contributed by atoms with Crippen LogP contribution < -0.4 is 15.4 Å². The molecule has 0 aliphatic carbocycles. The van der Waals surface area contributed by atoms with Crippen molar-refractivity contribution in [1.29, 1.82) is 0 Å². The Morgan fingerprint density at radius 2 is 1.90 bits per heavy atom. The van der Waals surface area contributed by atoms with Crippen LogP contribution in [0.1, 0.15) is 44.6 Å². The highest BCUT2D eigenvalue weighted by Crippen LogP contribution is 2.21. The van der Waals surface area contributed by atoms with E-state index in [0.717, 1.165) is 57.2 Å². The van der Waals surface area contributed by atoms with E-state index in [1.165, 1.54) is 11.8 Å². The topological polar surface area (TPSA) is 83.0 Å². The second-order valence-electron chi connectivity index (χ2n) is 8.11. The van der Waals surface area contributed by atoms with Crippen LogP contribution >= 0.6 is 24.0 Å². The Bertz CT molecular complexity index is 763. The number of hydrogen-bond donors (Lipinski definition) is 2. The maximum atomic E-state index is 11.4. The number of ether oxygens (including phenoxy) is 1. The van der Waals surface area contributed by atoms with E-state index >= 15 is 0 Å². The largest absolute Gasteiger partial charge is 0.497 e. The summed E-state index contributed by atoms with van der Waals surface area (Å²) in [5, 5.41) is 6.90. The molecular formula is C22H39IN4O3S. The van der Waals surface area contributed by atoms with Crippen LogP contribution in [0.3, 0.4) is 0 Å². The molecule has 31 heavy (non-hydrogen) atoms. The molecular weight excluding hydrogens is 527 g/mol. The molecule has 1 saturated heterocycles. The third-order valence-electron chi connectivity index (χ3n) is 5.57. The summed E-state index contributed by atoms with van der Waals surface area (Å²) in [6.07, 6.45) is 4.27. The van der Waals surface area contributed by atoms with Gasteiger partial charge in [0.25, 0.3) is 0 Å². The minimum atomic E-state index is -2.90. The van der Waals surface area contributed by atoms with Gasteiger partial charge in [-0.3, -0.25) is 4.99 Å². The maximum absolute atomic E-state index is 11.4. The molecule has 1 atom stereocenters. The summed E-state index contributed by atoms with van der Waals surface area (Å²) in [6, 6.07) is 8.62. The van der Waals surface area contributed by atoms with Crippen molar-refractivity contribution in [3.05, 3.63) is 29.8 Å². The lowest BCUT2D eigenvalue weighted by atomic mass is 9.98. The van der Waals surface area contributed by atoms with Crippen molar-refractivity contribution in [2.45, 2.75) is 45.1 Å². The summed E-state index contributed by atoms with van der Waals surface area (Å²) in [6.45, 7) is 8.35. The average molecular weight is 567 g/mol. The van der Waals surface area contributed by atoms with E-state index < -0.39 is 9.84 Å². The van der Waals surface area contributed by atoms with Crippen LogP contribution in [0.5, 0.6) is 5.75 Å². The quantitative estimate of drug-likeness (QED) is 0.258. The van der Waals surface area contributed by atoms with Crippen LogP contribution in [0.2, 0.25) is 0 Å². The lowest BCUT2D eigenvalue weighted by molar-refractivity contribution is 0.216. The molecule has 1 aliphatic rings. The highest BCUT2D eigenvalue weighted by molar-refractivity contribution is 14.0. The molecule has 0 bridgehead atoms. The van der Waals surface area contributed by atoms with Gasteiger partial charge in [0.1, 0.15) is 15.6 Å². The van der Waals surface area contributed by atoms with Gasteiger partial charge in [-0.1, -0.05) is 19.1 Å². The Kier molecular flexibility index (Phi) is 12.8. The predicted molar refractivity (Wildman–Crippen MR) is 140 cm³/mol. The first-order valence-corrected chi connectivity index (χ1v) is 13.0. The molecule has 0 aromatic heterocycles. The number of hydrogen-bond acceptors (Lipinski definition) is 5. The van der Waals surface area contributed by atoms with Crippen LogP contribution in [0.25, 0.3) is 0 Å². The summed E-state index contributed by atoms with van der Waals surface area (Å²) < 4.78 is 27.9. The van der Waals surface area contributed by atoms with E-state index in [9.17, 15) is 8.42 Å². The Balaban J connectivity index is 0.00000480. The third kappa shape index (κ3) is 10.9. The summed E-state index contributed by atoms with van der Waals surface area (Å²) in [7, 11) is -1.21. The molecule has 1 heterocycles. The van der Waals surface area contributed by atoms with Gasteiger partial charge < -0.3 is 20.3 Å². The van der Waals surface area contributed by atoms with Crippen LogP contribution in [-0.4, -0.2) is 77.2 Å². The van der Waals surface area contributed by atoms with Gasteiger partial charge in [-0.25, -0.2) is 8.42 Å². The number of nitrogens with one attached hydrogen (secondary N) is 2. The van der Waals surface area contributed by atoms with Crippen LogP contribution in [0, 0.1) is 0 Å². The fourth-order valence-electron chi connectivity index (χ4n) is 3.58. The number of methoxy groups -OCH3 is 1. The van der Waals surface area contributed by atoms with E-state index in [1.54, 1.807) is 7.11 Å². The molecule has 1 aromatic carbocycles. The summed E-state index contributed by atoms with van der Waals surface area (Å²) in [5.41, 5.74) is 1.30. The Labute approximate surface area is 205 Å². The number of rotatable bonds is 10. The molecule has 0 saturated carbocycles. The zero-order chi connectivity index (χ0) is 22.0. The Hall–Kier alpha value is -1.07. The fraction of sp³-hybridized carbons (Fsp3) is 0.682. The average Bonchev–Trinajstić information content (AvgIpc) is 2.73. The van der Waals surface area contributed by atoms with Crippen LogP contribution in [0.4, 0.5) is 0 Å². The molecule has 0 amide bonds. The van der Waals surface area contributed by atoms with Crippen LogP contribution in [-0.2, 0) is 9.84 Å². The summed E-state index contributed by atoms with van der Waals surface area (Å²) in [4.78, 5) is 7.01. The van der Waals surface area contributed by atoms with Gasteiger partial charge in [0.2, 0.25) is 0 Å². The molecule has 2 rings (SSSR count). The zero-order valence-electron chi connectivity index (χ0n) is 19.3. The minimum absolute atomic E-state index is 0. The van der Waals surface area contributed by atoms with Gasteiger partial charge in [0.05, 0.1) is 12.9 Å². The van der Waals surface area contributed by atoms with Gasteiger partial charge in [-0.15, -0.1) is 24.0 Å². The number of sulfone groups is 1. The van der Waals surface area contributed by atoms with E-state index in [1.807, 2.05) is 12.1 Å². The molecule has 1 unspecified atom stereocenters. The molecule has 1 aromatic rings. The van der Waals surface area contributed by atoms with Crippen molar-refractivity contribution >= 4 is 39.8 Å². The molecule has 9 heteroatoms. The minimum Gasteiger partial charge on any atom is -0.497 e.